The molecule has 92 valence electrons. The normalized spacial score (nSPS) is 12.1. The zero-order chi connectivity index (χ0) is 13.0. The molecular weight excluding hydrogens is 231 g/mol. The fourth-order valence-electron chi connectivity index (χ4n) is 1.73. The Morgan fingerprint density at radius 3 is 2.94 bits per heavy atom. The molecule has 1 unspecified atom stereocenters. The molecule has 0 aliphatic heterocycles. The van der Waals surface area contributed by atoms with Crippen molar-refractivity contribution in [2.75, 3.05) is 0 Å². The van der Waals surface area contributed by atoms with Gasteiger partial charge in [0.25, 0.3) is 0 Å². The van der Waals surface area contributed by atoms with E-state index in [4.69, 9.17) is 9.68 Å². The van der Waals surface area contributed by atoms with Gasteiger partial charge in [0.05, 0.1) is 23.9 Å². The van der Waals surface area contributed by atoms with E-state index < -0.39 is 5.82 Å². The number of hydrogen-bond acceptors (Lipinski definition) is 3. The van der Waals surface area contributed by atoms with E-state index in [0.717, 1.165) is 11.3 Å². The van der Waals surface area contributed by atoms with Gasteiger partial charge < -0.3 is 9.73 Å². The lowest BCUT2D eigenvalue weighted by Gasteiger charge is -2.11. The summed E-state index contributed by atoms with van der Waals surface area (Å²) < 4.78 is 18.5. The van der Waals surface area contributed by atoms with Crippen LogP contribution in [0, 0.1) is 17.1 Å². The Hall–Kier alpha value is -2.12. The second kappa shape index (κ2) is 5.48. The van der Waals surface area contributed by atoms with Crippen LogP contribution < -0.4 is 5.32 Å². The molecule has 1 atom stereocenters. The van der Waals surface area contributed by atoms with Gasteiger partial charge >= 0.3 is 0 Å². The Bertz CT molecular complexity index is 558. The highest BCUT2D eigenvalue weighted by molar-refractivity contribution is 5.33. The fraction of sp³-hybridized carbons (Fsp3) is 0.214. The van der Waals surface area contributed by atoms with Gasteiger partial charge in [0.1, 0.15) is 11.6 Å². The first-order valence-electron chi connectivity index (χ1n) is 5.65. The maximum Gasteiger partial charge on any atom is 0.124 e. The third-order valence-corrected chi connectivity index (χ3v) is 2.67. The molecule has 0 radical (unpaired) electrons. The van der Waals surface area contributed by atoms with Gasteiger partial charge in [-0.2, -0.15) is 5.26 Å². The lowest BCUT2D eigenvalue weighted by atomic mass is 10.1. The minimum atomic E-state index is -0.392. The van der Waals surface area contributed by atoms with Gasteiger partial charge in [-0.25, -0.2) is 4.39 Å². The van der Waals surface area contributed by atoms with Crippen molar-refractivity contribution in [1.82, 2.24) is 5.32 Å². The SMILES string of the molecule is CC(NCc1cc(F)cc(C#N)c1)c1ccco1. The summed E-state index contributed by atoms with van der Waals surface area (Å²) >= 11 is 0. The first-order valence-corrected chi connectivity index (χ1v) is 5.65. The van der Waals surface area contributed by atoms with Crippen LogP contribution >= 0.6 is 0 Å². The molecule has 0 amide bonds. The van der Waals surface area contributed by atoms with Gasteiger partial charge in [0.2, 0.25) is 0 Å². The molecular formula is C14H13FN2O. The molecule has 3 nitrogen and oxygen atoms in total. The standard InChI is InChI=1S/C14H13FN2O/c1-10(14-3-2-4-18-14)17-9-12-5-11(8-16)6-13(15)7-12/h2-7,10,17H,9H2,1H3. The summed E-state index contributed by atoms with van der Waals surface area (Å²) in [6.45, 7) is 2.44. The predicted molar refractivity (Wildman–Crippen MR) is 65.1 cm³/mol. The van der Waals surface area contributed by atoms with E-state index >= 15 is 0 Å². The number of hydrogen-bond donors (Lipinski definition) is 1. The largest absolute Gasteiger partial charge is 0.468 e. The summed E-state index contributed by atoms with van der Waals surface area (Å²) in [5.74, 6) is 0.434. The summed E-state index contributed by atoms with van der Waals surface area (Å²) in [5.41, 5.74) is 1.07. The van der Waals surface area contributed by atoms with E-state index in [1.807, 2.05) is 25.1 Å². The van der Waals surface area contributed by atoms with E-state index in [2.05, 4.69) is 5.32 Å². The molecule has 1 aromatic heterocycles. The van der Waals surface area contributed by atoms with Crippen LogP contribution in [0.1, 0.15) is 29.9 Å². The van der Waals surface area contributed by atoms with Crippen LogP contribution in [0.2, 0.25) is 0 Å². The lowest BCUT2D eigenvalue weighted by Crippen LogP contribution is -2.17. The van der Waals surface area contributed by atoms with Crippen molar-refractivity contribution in [3.05, 3.63) is 59.3 Å². The molecule has 0 bridgehead atoms. The molecule has 18 heavy (non-hydrogen) atoms. The minimum Gasteiger partial charge on any atom is -0.468 e. The Morgan fingerprint density at radius 2 is 2.28 bits per heavy atom. The molecule has 2 rings (SSSR count). The van der Waals surface area contributed by atoms with Crippen molar-refractivity contribution in [2.24, 2.45) is 0 Å². The Morgan fingerprint density at radius 1 is 1.44 bits per heavy atom. The maximum atomic E-state index is 13.2. The van der Waals surface area contributed by atoms with Crippen molar-refractivity contribution in [2.45, 2.75) is 19.5 Å². The van der Waals surface area contributed by atoms with Crippen molar-refractivity contribution >= 4 is 0 Å². The zero-order valence-electron chi connectivity index (χ0n) is 9.98. The van der Waals surface area contributed by atoms with Gasteiger partial charge in [-0.1, -0.05) is 0 Å². The van der Waals surface area contributed by atoms with Gasteiger partial charge in [-0.05, 0) is 42.8 Å². The number of halogens is 1. The average Bonchev–Trinajstić information content (AvgIpc) is 2.89. The van der Waals surface area contributed by atoms with Crippen LogP contribution in [0.25, 0.3) is 0 Å². The minimum absolute atomic E-state index is 0.0359. The summed E-state index contributed by atoms with van der Waals surface area (Å²) in [6.07, 6.45) is 1.61. The van der Waals surface area contributed by atoms with Crippen LogP contribution in [0.3, 0.4) is 0 Å². The first-order chi connectivity index (χ1) is 8.69. The highest BCUT2D eigenvalue weighted by Crippen LogP contribution is 2.14. The second-order valence-electron chi connectivity index (χ2n) is 4.08. The summed E-state index contributed by atoms with van der Waals surface area (Å²) in [5, 5.41) is 12.0. The number of nitrogens with zero attached hydrogens (tertiary/aromatic N) is 1. The van der Waals surface area contributed by atoms with Crippen molar-refractivity contribution < 1.29 is 8.81 Å². The third kappa shape index (κ3) is 2.96. The van der Waals surface area contributed by atoms with Crippen molar-refractivity contribution in [3.63, 3.8) is 0 Å². The maximum absolute atomic E-state index is 13.2. The van der Waals surface area contributed by atoms with Gasteiger partial charge in [-0.15, -0.1) is 0 Å². The van der Waals surface area contributed by atoms with Crippen LogP contribution in [0.15, 0.2) is 41.0 Å². The quantitative estimate of drug-likeness (QED) is 0.898. The van der Waals surface area contributed by atoms with E-state index in [9.17, 15) is 4.39 Å². The second-order valence-corrected chi connectivity index (χ2v) is 4.08. The highest BCUT2D eigenvalue weighted by atomic mass is 19.1. The summed E-state index contributed by atoms with van der Waals surface area (Å²) in [4.78, 5) is 0. The number of nitrogens with one attached hydrogen (secondary N) is 1. The molecule has 1 heterocycles. The number of nitriles is 1. The third-order valence-electron chi connectivity index (χ3n) is 2.67. The average molecular weight is 244 g/mol. The molecule has 0 saturated carbocycles. The van der Waals surface area contributed by atoms with E-state index in [1.54, 1.807) is 12.3 Å². The molecule has 0 aliphatic rings. The number of benzene rings is 1. The summed E-state index contributed by atoms with van der Waals surface area (Å²) in [6, 6.07) is 9.99. The molecule has 0 spiro atoms. The van der Waals surface area contributed by atoms with Crippen molar-refractivity contribution in [3.8, 4) is 6.07 Å². The first kappa shape index (κ1) is 12.3. The van der Waals surface area contributed by atoms with Gasteiger partial charge in [-0.3, -0.25) is 0 Å². The Kier molecular flexibility index (Phi) is 3.75. The Balaban J connectivity index is 2.02. The smallest absolute Gasteiger partial charge is 0.124 e. The topological polar surface area (TPSA) is 49.0 Å². The number of rotatable bonds is 4. The highest BCUT2D eigenvalue weighted by Gasteiger charge is 2.08. The lowest BCUT2D eigenvalue weighted by molar-refractivity contribution is 0.430. The molecule has 0 aliphatic carbocycles. The predicted octanol–water partition coefficient (Wildman–Crippen LogP) is 3.14. The van der Waals surface area contributed by atoms with E-state index in [-0.39, 0.29) is 6.04 Å². The van der Waals surface area contributed by atoms with Gasteiger partial charge in [0, 0.05) is 6.54 Å². The fourth-order valence-corrected chi connectivity index (χ4v) is 1.73. The summed E-state index contributed by atoms with van der Waals surface area (Å²) in [7, 11) is 0. The van der Waals surface area contributed by atoms with E-state index in [1.165, 1.54) is 12.1 Å². The molecule has 0 saturated heterocycles. The van der Waals surface area contributed by atoms with Crippen LogP contribution in [-0.2, 0) is 6.54 Å². The van der Waals surface area contributed by atoms with Gasteiger partial charge in [0.15, 0.2) is 0 Å². The van der Waals surface area contributed by atoms with Crippen LogP contribution in [-0.4, -0.2) is 0 Å². The molecule has 4 heteroatoms. The van der Waals surface area contributed by atoms with Crippen LogP contribution in [0.5, 0.6) is 0 Å². The molecule has 1 aromatic carbocycles. The molecule has 2 aromatic rings. The zero-order valence-corrected chi connectivity index (χ0v) is 9.98. The Labute approximate surface area is 105 Å². The van der Waals surface area contributed by atoms with Crippen LogP contribution in [0.4, 0.5) is 4.39 Å². The molecule has 1 N–H and O–H groups in total. The molecule has 0 fully saturated rings. The monoisotopic (exact) mass is 244 g/mol. The number of furan rings is 1. The van der Waals surface area contributed by atoms with E-state index in [0.29, 0.717) is 12.1 Å². The van der Waals surface area contributed by atoms with Crippen molar-refractivity contribution in [1.29, 1.82) is 5.26 Å².